The summed E-state index contributed by atoms with van der Waals surface area (Å²) in [6, 6.07) is 16.0. The minimum Gasteiger partial charge on any atom is -0.489 e. The number of carbonyl (C=O) groups is 1. The van der Waals surface area contributed by atoms with Crippen molar-refractivity contribution in [1.29, 1.82) is 0 Å². The summed E-state index contributed by atoms with van der Waals surface area (Å²) in [7, 11) is 1.97. The highest BCUT2D eigenvalue weighted by atomic mass is 16.5. The molecule has 1 saturated heterocycles. The number of aryl methyl sites for hydroxylation is 2. The number of carbonyl (C=O) groups excluding carboxylic acids is 1. The number of ether oxygens (including phenoxy) is 2. The van der Waals surface area contributed by atoms with E-state index in [0.29, 0.717) is 32.1 Å². The number of rotatable bonds is 4. The van der Waals surface area contributed by atoms with Gasteiger partial charge in [-0.2, -0.15) is 0 Å². The van der Waals surface area contributed by atoms with E-state index in [1.54, 1.807) is 24.5 Å². The first-order chi connectivity index (χ1) is 20.5. The van der Waals surface area contributed by atoms with Crippen molar-refractivity contribution in [2.24, 2.45) is 7.05 Å². The molecule has 2 aliphatic rings. The number of imidazole rings is 1. The highest BCUT2D eigenvalue weighted by Crippen LogP contribution is 2.40. The molecule has 2 aromatic heterocycles. The molecule has 42 heavy (non-hydrogen) atoms. The largest absolute Gasteiger partial charge is 0.489 e. The number of amides is 1. The summed E-state index contributed by atoms with van der Waals surface area (Å²) in [5.74, 6) is 8.21. The molecule has 210 valence electrons. The van der Waals surface area contributed by atoms with Crippen molar-refractivity contribution in [3.05, 3.63) is 66.7 Å². The Bertz CT molecular complexity index is 1920. The van der Waals surface area contributed by atoms with Gasteiger partial charge in [-0.25, -0.2) is 15.0 Å². The maximum absolute atomic E-state index is 12.4. The molecule has 0 aliphatic carbocycles. The van der Waals surface area contributed by atoms with Crippen LogP contribution in [0.4, 0.5) is 17.2 Å². The summed E-state index contributed by atoms with van der Waals surface area (Å²) >= 11 is 0. The average molecular weight is 560 g/mol. The molecule has 5 aromatic rings. The minimum absolute atomic E-state index is 0.0564. The van der Waals surface area contributed by atoms with E-state index in [1.165, 1.54) is 0 Å². The summed E-state index contributed by atoms with van der Waals surface area (Å²) in [5.41, 5.74) is 5.58. The van der Waals surface area contributed by atoms with Crippen molar-refractivity contribution < 1.29 is 14.3 Å². The van der Waals surface area contributed by atoms with Gasteiger partial charge in [-0.3, -0.25) is 4.79 Å². The number of benzene rings is 3. The Morgan fingerprint density at radius 3 is 2.83 bits per heavy atom. The van der Waals surface area contributed by atoms with Crippen molar-refractivity contribution in [2.45, 2.75) is 19.9 Å². The normalized spacial score (nSPS) is 15.8. The SMILES string of the molecule is CC#CC(=O)N1CCN2c3cc4c(Nc5ccc(Oc6ccc7c(c6)ncn7C)c(C)c5)ncnc4cc3OC[C@@H]2C1. The Morgan fingerprint density at radius 2 is 1.98 bits per heavy atom. The summed E-state index contributed by atoms with van der Waals surface area (Å²) in [6.45, 7) is 6.09. The van der Waals surface area contributed by atoms with Gasteiger partial charge >= 0.3 is 0 Å². The summed E-state index contributed by atoms with van der Waals surface area (Å²) < 4.78 is 14.3. The highest BCUT2D eigenvalue weighted by molar-refractivity contribution is 5.96. The molecular formula is C32H29N7O3. The van der Waals surface area contributed by atoms with Crippen LogP contribution < -0.4 is 19.7 Å². The van der Waals surface area contributed by atoms with Gasteiger partial charge in [0.1, 0.15) is 36.0 Å². The van der Waals surface area contributed by atoms with E-state index < -0.39 is 0 Å². The fourth-order valence-electron chi connectivity index (χ4n) is 5.67. The van der Waals surface area contributed by atoms with Crippen LogP contribution in [0.3, 0.4) is 0 Å². The molecule has 1 N–H and O–H groups in total. The van der Waals surface area contributed by atoms with Gasteiger partial charge in [-0.05, 0) is 61.7 Å². The van der Waals surface area contributed by atoms with Crippen LogP contribution in [-0.4, -0.2) is 62.6 Å². The molecule has 0 spiro atoms. The zero-order valence-corrected chi connectivity index (χ0v) is 23.6. The maximum Gasteiger partial charge on any atom is 0.298 e. The number of piperazine rings is 1. The van der Waals surface area contributed by atoms with Gasteiger partial charge in [0, 0.05) is 49.9 Å². The smallest absolute Gasteiger partial charge is 0.298 e. The van der Waals surface area contributed by atoms with Crippen molar-refractivity contribution in [1.82, 2.24) is 24.4 Å². The maximum atomic E-state index is 12.4. The van der Waals surface area contributed by atoms with Gasteiger partial charge in [0.15, 0.2) is 0 Å². The predicted molar refractivity (Wildman–Crippen MR) is 161 cm³/mol. The molecule has 0 saturated carbocycles. The van der Waals surface area contributed by atoms with E-state index in [9.17, 15) is 4.79 Å². The molecule has 0 bridgehead atoms. The summed E-state index contributed by atoms with van der Waals surface area (Å²) in [5, 5.41) is 4.36. The van der Waals surface area contributed by atoms with Crippen LogP contribution in [0.25, 0.3) is 21.9 Å². The van der Waals surface area contributed by atoms with Gasteiger partial charge in [-0.1, -0.05) is 5.92 Å². The van der Waals surface area contributed by atoms with Crippen molar-refractivity contribution in [2.75, 3.05) is 36.5 Å². The number of hydrogen-bond acceptors (Lipinski definition) is 8. The summed E-state index contributed by atoms with van der Waals surface area (Å²) in [6.07, 6.45) is 3.35. The lowest BCUT2D eigenvalue weighted by atomic mass is 10.1. The standard InChI is InChI=1S/C32H29N7O3/c1-4-5-31(40)38-10-11-39-22(16-38)17-41-30-15-25-24(14-28(30)39)32(34-18-33-25)36-21-6-9-29(20(2)12-21)42-23-7-8-27-26(13-23)35-19-37(27)3/h6-9,12-15,18-19,22H,10-11,16-17H2,1-3H3,(H,33,34,36)/t22-/m0/s1. The molecule has 10 nitrogen and oxygen atoms in total. The van der Waals surface area contributed by atoms with E-state index >= 15 is 0 Å². The van der Waals surface area contributed by atoms with Crippen molar-refractivity contribution in [3.63, 3.8) is 0 Å². The second-order valence-corrected chi connectivity index (χ2v) is 10.6. The number of nitrogens with zero attached hydrogens (tertiary/aromatic N) is 6. The van der Waals surface area contributed by atoms with E-state index in [-0.39, 0.29) is 11.9 Å². The second kappa shape index (κ2) is 10.3. The van der Waals surface area contributed by atoms with Crippen LogP contribution in [0.5, 0.6) is 17.2 Å². The van der Waals surface area contributed by atoms with Gasteiger partial charge in [0.2, 0.25) is 0 Å². The van der Waals surface area contributed by atoms with E-state index in [1.807, 2.05) is 61.0 Å². The van der Waals surface area contributed by atoms with Gasteiger partial charge in [0.25, 0.3) is 5.91 Å². The molecule has 1 amide bonds. The van der Waals surface area contributed by atoms with E-state index in [2.05, 4.69) is 43.1 Å². The highest BCUT2D eigenvalue weighted by Gasteiger charge is 2.34. The van der Waals surface area contributed by atoms with Crippen LogP contribution in [0, 0.1) is 18.8 Å². The molecule has 1 fully saturated rings. The third-order valence-corrected chi connectivity index (χ3v) is 7.82. The molecule has 4 heterocycles. The third-order valence-electron chi connectivity index (χ3n) is 7.82. The molecule has 7 rings (SSSR count). The molecule has 3 aromatic carbocycles. The molecular weight excluding hydrogens is 530 g/mol. The van der Waals surface area contributed by atoms with Crippen LogP contribution in [0.2, 0.25) is 0 Å². The number of aromatic nitrogens is 4. The fourth-order valence-corrected chi connectivity index (χ4v) is 5.67. The predicted octanol–water partition coefficient (Wildman–Crippen LogP) is 4.79. The first-order valence-electron chi connectivity index (χ1n) is 13.8. The van der Waals surface area contributed by atoms with Gasteiger partial charge < -0.3 is 29.2 Å². The lowest BCUT2D eigenvalue weighted by Crippen LogP contribution is -2.58. The quantitative estimate of drug-likeness (QED) is 0.314. The van der Waals surface area contributed by atoms with E-state index in [4.69, 9.17) is 9.47 Å². The molecule has 1 atom stereocenters. The van der Waals surface area contributed by atoms with Crippen LogP contribution in [0.1, 0.15) is 12.5 Å². The fraction of sp³-hybridized carbons (Fsp3) is 0.250. The zero-order valence-electron chi connectivity index (χ0n) is 23.6. The first-order valence-corrected chi connectivity index (χ1v) is 13.8. The summed E-state index contributed by atoms with van der Waals surface area (Å²) in [4.78, 5) is 30.0. The molecule has 0 radical (unpaired) electrons. The second-order valence-electron chi connectivity index (χ2n) is 10.6. The monoisotopic (exact) mass is 559 g/mol. The molecule has 10 heteroatoms. The van der Waals surface area contributed by atoms with E-state index in [0.717, 1.165) is 56.1 Å². The lowest BCUT2D eigenvalue weighted by molar-refractivity contribution is -0.126. The minimum atomic E-state index is -0.137. The number of nitrogens with one attached hydrogen (secondary N) is 1. The van der Waals surface area contributed by atoms with Crippen LogP contribution in [0.15, 0.2) is 61.2 Å². The topological polar surface area (TPSA) is 97.6 Å². The first kappa shape index (κ1) is 25.7. The van der Waals surface area contributed by atoms with Crippen LogP contribution in [-0.2, 0) is 11.8 Å². The average Bonchev–Trinajstić information content (AvgIpc) is 3.37. The number of hydrogen-bond donors (Lipinski definition) is 1. The Morgan fingerprint density at radius 1 is 1.07 bits per heavy atom. The van der Waals surface area contributed by atoms with Gasteiger partial charge in [0.05, 0.1) is 34.6 Å². The molecule has 2 aliphatic heterocycles. The Balaban J connectivity index is 1.13. The Kier molecular flexibility index (Phi) is 6.27. The zero-order chi connectivity index (χ0) is 28.8. The van der Waals surface area contributed by atoms with Crippen molar-refractivity contribution in [3.8, 4) is 29.1 Å². The van der Waals surface area contributed by atoms with Crippen LogP contribution >= 0.6 is 0 Å². The Hall–Kier alpha value is -5.30. The lowest BCUT2D eigenvalue weighted by Gasteiger charge is -2.45. The third kappa shape index (κ3) is 4.59. The Labute approximate surface area is 242 Å². The molecule has 0 unspecified atom stereocenters. The van der Waals surface area contributed by atoms with Gasteiger partial charge in [-0.15, -0.1) is 0 Å². The van der Waals surface area contributed by atoms with Crippen molar-refractivity contribution >= 4 is 45.0 Å². The number of anilines is 3. The number of fused-ring (bicyclic) bond motifs is 5.